The summed E-state index contributed by atoms with van der Waals surface area (Å²) in [5, 5.41) is 0. The number of anilines is 3. The van der Waals surface area contributed by atoms with Crippen LogP contribution in [-0.4, -0.2) is 0 Å². The smallest absolute Gasteiger partial charge is 0.0458 e. The lowest BCUT2D eigenvalue weighted by Gasteiger charge is -2.33. The highest BCUT2D eigenvalue weighted by atomic mass is 15.2. The van der Waals surface area contributed by atoms with Gasteiger partial charge in [0, 0.05) is 46.0 Å². The molecule has 50 heavy (non-hydrogen) atoms. The summed E-state index contributed by atoms with van der Waals surface area (Å²) < 4.78 is 0. The Morgan fingerprint density at radius 1 is 0.480 bits per heavy atom. The molecule has 2 heteroatoms. The fraction of sp³-hybridized carbons (Fsp3) is 0.208. The molecular formula is C48H46N2. The van der Waals surface area contributed by atoms with Crippen LogP contribution in [0.1, 0.15) is 62.8 Å². The quantitative estimate of drug-likeness (QED) is 0.227. The standard InChI is InChI=1S/C48H46N2/c1-5-13-37(14-6-1)39-21-29-46(30-22-39)50(47-31-23-40(24-32-47)38-15-7-2-8-16-38)48-35-27-42(28-36-48)41-25-33-45(34-26-41)49(43-17-9-3-10-18-43)44-19-11-4-12-20-44/h1,3-7,9-13,15-23,25,27,29-33,35,37,40H,2,8,14,24,26,28,34,36H2. The number of hydrogen-bond acceptors (Lipinski definition) is 2. The molecule has 2 nitrogen and oxygen atoms in total. The van der Waals surface area contributed by atoms with E-state index in [4.69, 9.17) is 0 Å². The Morgan fingerprint density at radius 2 is 1.14 bits per heavy atom. The normalized spacial score (nSPS) is 21.4. The van der Waals surface area contributed by atoms with Gasteiger partial charge in [0.15, 0.2) is 0 Å². The molecule has 0 bridgehead atoms. The second kappa shape index (κ2) is 15.0. The second-order valence-corrected chi connectivity index (χ2v) is 13.8. The molecule has 2 atom stereocenters. The van der Waals surface area contributed by atoms with Crippen molar-refractivity contribution in [3.05, 3.63) is 209 Å². The summed E-state index contributed by atoms with van der Waals surface area (Å²) in [5.41, 5.74) is 13.4. The van der Waals surface area contributed by atoms with E-state index in [1.807, 2.05) is 0 Å². The number of hydrogen-bond donors (Lipinski definition) is 0. The Kier molecular flexibility index (Phi) is 9.60. The van der Waals surface area contributed by atoms with Crippen LogP contribution in [0.4, 0.5) is 17.1 Å². The van der Waals surface area contributed by atoms with E-state index < -0.39 is 0 Å². The van der Waals surface area contributed by atoms with Crippen LogP contribution in [0.2, 0.25) is 0 Å². The zero-order chi connectivity index (χ0) is 33.5. The van der Waals surface area contributed by atoms with Crippen LogP contribution in [0.25, 0.3) is 0 Å². The van der Waals surface area contributed by atoms with Crippen molar-refractivity contribution in [3.63, 3.8) is 0 Å². The number of rotatable bonds is 9. The third-order valence-corrected chi connectivity index (χ3v) is 10.6. The summed E-state index contributed by atoms with van der Waals surface area (Å²) in [6, 6.07) is 30.8. The fourth-order valence-electron chi connectivity index (χ4n) is 7.90. The minimum atomic E-state index is 0.457. The summed E-state index contributed by atoms with van der Waals surface area (Å²) in [4.78, 5) is 4.92. The Bertz CT molecular complexity index is 1950. The van der Waals surface area contributed by atoms with Gasteiger partial charge in [-0.3, -0.25) is 0 Å². The molecule has 0 amide bonds. The van der Waals surface area contributed by atoms with Crippen molar-refractivity contribution in [1.29, 1.82) is 0 Å². The predicted molar refractivity (Wildman–Crippen MR) is 212 cm³/mol. The molecule has 5 aliphatic rings. The van der Waals surface area contributed by atoms with Crippen LogP contribution >= 0.6 is 0 Å². The van der Waals surface area contributed by atoms with Crippen LogP contribution in [-0.2, 0) is 0 Å². The average molecular weight is 651 g/mol. The Hall–Kier alpha value is -5.34. The minimum Gasteiger partial charge on any atom is -0.315 e. The van der Waals surface area contributed by atoms with Crippen molar-refractivity contribution in [2.75, 3.05) is 9.80 Å². The molecule has 3 aromatic rings. The van der Waals surface area contributed by atoms with E-state index >= 15 is 0 Å². The maximum Gasteiger partial charge on any atom is 0.0458 e. The van der Waals surface area contributed by atoms with Gasteiger partial charge in [0.2, 0.25) is 0 Å². The molecule has 3 aromatic carbocycles. The van der Waals surface area contributed by atoms with Crippen molar-refractivity contribution >= 4 is 17.1 Å². The van der Waals surface area contributed by atoms with E-state index in [2.05, 4.69) is 180 Å². The van der Waals surface area contributed by atoms with Gasteiger partial charge in [-0.25, -0.2) is 0 Å². The van der Waals surface area contributed by atoms with E-state index in [0.717, 1.165) is 51.4 Å². The first-order valence-corrected chi connectivity index (χ1v) is 18.5. The topological polar surface area (TPSA) is 6.48 Å². The predicted octanol–water partition coefficient (Wildman–Crippen LogP) is 12.9. The molecule has 0 saturated carbocycles. The molecule has 0 radical (unpaired) electrons. The van der Waals surface area contributed by atoms with E-state index in [1.165, 1.54) is 56.4 Å². The highest BCUT2D eigenvalue weighted by Gasteiger charge is 2.24. The molecule has 0 spiro atoms. The number of allylic oxidation sites excluding steroid dienone is 19. The summed E-state index contributed by atoms with van der Waals surface area (Å²) in [5.74, 6) is 0.924. The molecule has 0 fully saturated rings. The van der Waals surface area contributed by atoms with Gasteiger partial charge in [-0.1, -0.05) is 115 Å². The van der Waals surface area contributed by atoms with Gasteiger partial charge in [0.25, 0.3) is 0 Å². The summed E-state index contributed by atoms with van der Waals surface area (Å²) in [7, 11) is 0. The highest BCUT2D eigenvalue weighted by Crippen LogP contribution is 2.40. The lowest BCUT2D eigenvalue weighted by molar-refractivity contribution is 0.755. The maximum absolute atomic E-state index is 2.51. The van der Waals surface area contributed by atoms with Crippen LogP contribution in [0.3, 0.4) is 0 Å². The second-order valence-electron chi connectivity index (χ2n) is 13.8. The van der Waals surface area contributed by atoms with Crippen LogP contribution < -0.4 is 9.80 Å². The SMILES string of the molecule is C1=CCC(c2ccc(N(C3=CCC(C4=CCCC=C4)C=C3)C3=CC=C(C4=CC=C(N(c5ccccc5)c5ccccc5)CC4)CC3)cc2)C=C1. The maximum atomic E-state index is 2.51. The van der Waals surface area contributed by atoms with Gasteiger partial charge in [0.05, 0.1) is 0 Å². The molecule has 248 valence electrons. The largest absolute Gasteiger partial charge is 0.315 e. The zero-order valence-electron chi connectivity index (χ0n) is 28.9. The first-order chi connectivity index (χ1) is 24.8. The molecule has 0 aliphatic heterocycles. The molecule has 0 saturated heterocycles. The molecule has 0 heterocycles. The molecule has 8 rings (SSSR count). The fourth-order valence-corrected chi connectivity index (χ4v) is 7.90. The average Bonchev–Trinajstić information content (AvgIpc) is 3.21. The van der Waals surface area contributed by atoms with E-state index in [9.17, 15) is 0 Å². The first-order valence-electron chi connectivity index (χ1n) is 18.5. The number of benzene rings is 3. The Morgan fingerprint density at radius 3 is 1.68 bits per heavy atom. The summed E-state index contributed by atoms with van der Waals surface area (Å²) in [6.45, 7) is 0. The molecule has 0 aromatic heterocycles. The van der Waals surface area contributed by atoms with Gasteiger partial charge < -0.3 is 9.80 Å². The molecule has 5 aliphatic carbocycles. The molecule has 0 N–H and O–H groups in total. The van der Waals surface area contributed by atoms with Crippen molar-refractivity contribution in [2.24, 2.45) is 5.92 Å². The summed E-state index contributed by atoms with van der Waals surface area (Å²) >= 11 is 0. The minimum absolute atomic E-state index is 0.457. The molecular weight excluding hydrogens is 605 g/mol. The zero-order valence-corrected chi connectivity index (χ0v) is 28.9. The summed E-state index contributed by atoms with van der Waals surface area (Å²) in [6.07, 6.45) is 41.3. The first kappa shape index (κ1) is 31.9. The van der Waals surface area contributed by atoms with Gasteiger partial charge in [-0.05, 0) is 128 Å². The Balaban J connectivity index is 1.06. The van der Waals surface area contributed by atoms with Gasteiger partial charge in [0.1, 0.15) is 0 Å². The van der Waals surface area contributed by atoms with Gasteiger partial charge in [-0.15, -0.1) is 0 Å². The molecule has 2 unspecified atom stereocenters. The third kappa shape index (κ3) is 7.03. The lowest BCUT2D eigenvalue weighted by atomic mass is 9.87. The lowest BCUT2D eigenvalue weighted by Crippen LogP contribution is -2.24. The number of para-hydroxylation sites is 2. The van der Waals surface area contributed by atoms with Crippen LogP contribution in [0.15, 0.2) is 204 Å². The highest BCUT2D eigenvalue weighted by molar-refractivity contribution is 5.69. The van der Waals surface area contributed by atoms with Crippen LogP contribution in [0, 0.1) is 5.92 Å². The Labute approximate surface area is 298 Å². The van der Waals surface area contributed by atoms with Gasteiger partial charge >= 0.3 is 0 Å². The van der Waals surface area contributed by atoms with E-state index in [-0.39, 0.29) is 0 Å². The third-order valence-electron chi connectivity index (χ3n) is 10.6. The monoisotopic (exact) mass is 650 g/mol. The van der Waals surface area contributed by atoms with Crippen LogP contribution in [0.5, 0.6) is 0 Å². The van der Waals surface area contributed by atoms with Crippen molar-refractivity contribution in [2.45, 2.75) is 57.3 Å². The van der Waals surface area contributed by atoms with E-state index in [0.29, 0.717) is 11.8 Å². The number of nitrogens with zero attached hydrogens (tertiary/aromatic N) is 2. The van der Waals surface area contributed by atoms with Crippen molar-refractivity contribution in [3.8, 4) is 0 Å². The van der Waals surface area contributed by atoms with E-state index in [1.54, 1.807) is 0 Å². The van der Waals surface area contributed by atoms with Crippen molar-refractivity contribution < 1.29 is 0 Å². The van der Waals surface area contributed by atoms with Crippen molar-refractivity contribution in [1.82, 2.24) is 0 Å². The van der Waals surface area contributed by atoms with Gasteiger partial charge in [-0.2, -0.15) is 0 Å².